The van der Waals surface area contributed by atoms with E-state index in [-0.39, 0.29) is 12.3 Å². The van der Waals surface area contributed by atoms with Gasteiger partial charge in [0.25, 0.3) is 0 Å². The number of carbonyl (C=O) groups is 1. The van der Waals surface area contributed by atoms with Crippen molar-refractivity contribution in [1.82, 2.24) is 9.97 Å². The van der Waals surface area contributed by atoms with Crippen molar-refractivity contribution >= 4 is 22.8 Å². The molecule has 2 aromatic heterocycles. The van der Waals surface area contributed by atoms with Crippen LogP contribution in [0.5, 0.6) is 0 Å². The molecule has 2 heterocycles. The van der Waals surface area contributed by atoms with Gasteiger partial charge in [0.15, 0.2) is 0 Å². The molecule has 0 aliphatic rings. The highest BCUT2D eigenvalue weighted by Gasteiger charge is 2.10. The summed E-state index contributed by atoms with van der Waals surface area (Å²) in [6, 6.07) is 3.29. The first-order valence-corrected chi connectivity index (χ1v) is 4.60. The van der Waals surface area contributed by atoms with Crippen LogP contribution >= 0.6 is 0 Å². The molecule has 2 aromatic rings. The Morgan fingerprint density at radius 2 is 2.38 bits per heavy atom. The second-order valence-corrected chi connectivity index (χ2v) is 3.40. The molecule has 0 spiro atoms. The Bertz CT molecular complexity index is 573. The normalized spacial score (nSPS) is 10.5. The molecule has 0 aliphatic carbocycles. The Balaban J connectivity index is 2.56. The molecular formula is C10H10N4O2. The molecule has 0 unspecified atom stereocenters. The van der Waals surface area contributed by atoms with Gasteiger partial charge in [0, 0.05) is 22.8 Å². The fraction of sp³-hybridized carbons (Fsp3) is 0.100. The molecule has 0 radical (unpaired) electrons. The number of aromatic nitrogens is 2. The minimum Gasteiger partial charge on any atom is -0.481 e. The highest BCUT2D eigenvalue weighted by molar-refractivity contribution is 6.06. The van der Waals surface area contributed by atoms with Crippen molar-refractivity contribution < 1.29 is 9.90 Å². The second-order valence-electron chi connectivity index (χ2n) is 3.40. The lowest BCUT2D eigenvalue weighted by atomic mass is 10.1. The molecule has 6 nitrogen and oxygen atoms in total. The molecule has 5 N–H and O–H groups in total. The number of aromatic amines is 1. The summed E-state index contributed by atoms with van der Waals surface area (Å²) in [7, 11) is 0. The quantitative estimate of drug-likeness (QED) is 0.442. The van der Waals surface area contributed by atoms with Crippen molar-refractivity contribution in [2.45, 2.75) is 6.42 Å². The highest BCUT2D eigenvalue weighted by atomic mass is 16.4. The number of pyridine rings is 1. The molecule has 0 saturated heterocycles. The van der Waals surface area contributed by atoms with Gasteiger partial charge in [-0.2, -0.15) is 0 Å². The largest absolute Gasteiger partial charge is 0.481 e. The average molecular weight is 218 g/mol. The fourth-order valence-electron chi connectivity index (χ4n) is 1.57. The zero-order valence-electron chi connectivity index (χ0n) is 8.32. The van der Waals surface area contributed by atoms with Crippen LogP contribution in [0, 0.1) is 5.41 Å². The van der Waals surface area contributed by atoms with Crippen molar-refractivity contribution in [3.8, 4) is 0 Å². The number of hydrogen-bond donors (Lipinski definition) is 4. The summed E-state index contributed by atoms with van der Waals surface area (Å²) in [5.74, 6) is -0.982. The maximum Gasteiger partial charge on any atom is 0.309 e. The van der Waals surface area contributed by atoms with Gasteiger partial charge in [0.2, 0.25) is 0 Å². The lowest BCUT2D eigenvalue weighted by Gasteiger charge is -1.97. The number of hydrogen-bond acceptors (Lipinski definition) is 3. The van der Waals surface area contributed by atoms with Crippen LogP contribution in [0.25, 0.3) is 11.0 Å². The molecule has 16 heavy (non-hydrogen) atoms. The first kappa shape index (κ1) is 10.2. The number of nitrogens with one attached hydrogen (secondary N) is 2. The van der Waals surface area contributed by atoms with E-state index < -0.39 is 5.97 Å². The maximum atomic E-state index is 10.6. The van der Waals surface area contributed by atoms with Crippen LogP contribution in [0.15, 0.2) is 18.3 Å². The van der Waals surface area contributed by atoms with Gasteiger partial charge in [-0.05, 0) is 12.1 Å². The van der Waals surface area contributed by atoms with Crippen molar-refractivity contribution in [3.63, 3.8) is 0 Å². The van der Waals surface area contributed by atoms with Crippen LogP contribution < -0.4 is 5.73 Å². The van der Waals surface area contributed by atoms with Gasteiger partial charge in [-0.1, -0.05) is 0 Å². The predicted octanol–water partition coefficient (Wildman–Crippen LogP) is 0.474. The Hall–Kier alpha value is -2.37. The number of carboxylic acids is 1. The van der Waals surface area contributed by atoms with Gasteiger partial charge in [-0.15, -0.1) is 0 Å². The summed E-state index contributed by atoms with van der Waals surface area (Å²) in [5.41, 5.74) is 7.06. The van der Waals surface area contributed by atoms with Gasteiger partial charge in [-0.25, -0.2) is 4.98 Å². The summed E-state index contributed by atoms with van der Waals surface area (Å²) < 4.78 is 0. The lowest BCUT2D eigenvalue weighted by Crippen LogP contribution is -2.11. The predicted molar refractivity (Wildman–Crippen MR) is 58.4 cm³/mol. The van der Waals surface area contributed by atoms with Crippen LogP contribution in [0.4, 0.5) is 0 Å². The average Bonchev–Trinajstić information content (AvgIpc) is 2.57. The first-order valence-electron chi connectivity index (χ1n) is 4.60. The Morgan fingerprint density at radius 3 is 3.00 bits per heavy atom. The monoisotopic (exact) mass is 218 g/mol. The van der Waals surface area contributed by atoms with E-state index >= 15 is 0 Å². The van der Waals surface area contributed by atoms with E-state index in [4.69, 9.17) is 16.2 Å². The smallest absolute Gasteiger partial charge is 0.309 e. The van der Waals surface area contributed by atoms with E-state index in [9.17, 15) is 4.79 Å². The zero-order valence-corrected chi connectivity index (χ0v) is 8.32. The second kappa shape index (κ2) is 3.65. The summed E-state index contributed by atoms with van der Waals surface area (Å²) >= 11 is 0. The number of fused-ring (bicyclic) bond motifs is 1. The molecular weight excluding hydrogens is 208 g/mol. The molecule has 0 aliphatic heterocycles. The number of aliphatic carboxylic acids is 1. The third-order valence-electron chi connectivity index (χ3n) is 2.22. The molecule has 6 heteroatoms. The van der Waals surface area contributed by atoms with Gasteiger partial charge in [0.1, 0.15) is 11.5 Å². The molecule has 0 saturated carbocycles. The van der Waals surface area contributed by atoms with E-state index in [2.05, 4.69) is 9.97 Å². The molecule has 0 aromatic carbocycles. The minimum atomic E-state index is -0.920. The summed E-state index contributed by atoms with van der Waals surface area (Å²) in [6.07, 6.45) is 1.42. The summed E-state index contributed by atoms with van der Waals surface area (Å²) in [4.78, 5) is 17.5. The highest BCUT2D eigenvalue weighted by Crippen LogP contribution is 2.17. The Kier molecular flexibility index (Phi) is 2.32. The van der Waals surface area contributed by atoms with Crippen molar-refractivity contribution in [2.24, 2.45) is 5.73 Å². The van der Waals surface area contributed by atoms with Crippen LogP contribution in [0.2, 0.25) is 0 Å². The van der Waals surface area contributed by atoms with E-state index in [1.807, 2.05) is 0 Å². The van der Waals surface area contributed by atoms with Crippen LogP contribution in [0.1, 0.15) is 11.3 Å². The number of nitrogens with two attached hydrogens (primary N) is 1. The molecule has 0 fully saturated rings. The van der Waals surface area contributed by atoms with Crippen LogP contribution in [0.3, 0.4) is 0 Å². The van der Waals surface area contributed by atoms with Gasteiger partial charge in [0.05, 0.1) is 6.42 Å². The summed E-state index contributed by atoms with van der Waals surface area (Å²) in [6.45, 7) is 0. The van der Waals surface area contributed by atoms with Gasteiger partial charge < -0.3 is 15.8 Å². The van der Waals surface area contributed by atoms with Crippen LogP contribution in [-0.4, -0.2) is 26.9 Å². The SMILES string of the molecule is N=C(N)c1ccnc2[nH]c(CC(=O)O)cc12. The molecule has 82 valence electrons. The van der Waals surface area contributed by atoms with Crippen molar-refractivity contribution in [3.05, 3.63) is 29.6 Å². The van der Waals surface area contributed by atoms with Gasteiger partial charge >= 0.3 is 5.97 Å². The topological polar surface area (TPSA) is 116 Å². The zero-order chi connectivity index (χ0) is 11.7. The Morgan fingerprint density at radius 1 is 1.62 bits per heavy atom. The minimum absolute atomic E-state index is 0.0618. The van der Waals surface area contributed by atoms with Gasteiger partial charge in [-0.3, -0.25) is 10.2 Å². The third kappa shape index (κ3) is 1.72. The Labute approximate surface area is 90.6 Å². The van der Waals surface area contributed by atoms with E-state index in [1.54, 1.807) is 12.1 Å². The maximum absolute atomic E-state index is 10.6. The molecule has 2 rings (SSSR count). The number of nitrogen functional groups attached to an aromatic ring is 1. The number of nitrogens with zero attached hydrogens (tertiary/aromatic N) is 1. The fourth-order valence-corrected chi connectivity index (χ4v) is 1.57. The number of rotatable bonds is 3. The first-order chi connectivity index (χ1) is 7.58. The number of amidine groups is 1. The lowest BCUT2D eigenvalue weighted by molar-refractivity contribution is -0.136. The van der Waals surface area contributed by atoms with E-state index in [0.29, 0.717) is 22.3 Å². The summed E-state index contributed by atoms with van der Waals surface area (Å²) in [5, 5.41) is 16.7. The molecule has 0 amide bonds. The van der Waals surface area contributed by atoms with E-state index in [1.165, 1.54) is 6.20 Å². The van der Waals surface area contributed by atoms with Crippen LogP contribution in [-0.2, 0) is 11.2 Å². The number of H-pyrrole nitrogens is 1. The van der Waals surface area contributed by atoms with Crippen molar-refractivity contribution in [2.75, 3.05) is 0 Å². The molecule has 0 bridgehead atoms. The standard InChI is InChI=1S/C10H10N4O2/c11-9(12)6-1-2-13-10-7(6)3-5(14-10)4-8(15)16/h1-3H,4H2,(H3,11,12)(H,13,14)(H,15,16). The van der Waals surface area contributed by atoms with E-state index in [0.717, 1.165) is 0 Å². The van der Waals surface area contributed by atoms with Crippen molar-refractivity contribution in [1.29, 1.82) is 5.41 Å². The molecule has 0 atom stereocenters. The third-order valence-corrected chi connectivity index (χ3v) is 2.22. The number of carboxylic acid groups (broad SMARTS) is 1.